The summed E-state index contributed by atoms with van der Waals surface area (Å²) in [6.07, 6.45) is 1.52. The fourth-order valence-corrected chi connectivity index (χ4v) is 4.09. The van der Waals surface area contributed by atoms with E-state index >= 15 is 0 Å². The number of ether oxygens (including phenoxy) is 1. The third kappa shape index (κ3) is 4.84. The Morgan fingerprint density at radius 1 is 1.00 bits per heavy atom. The van der Waals surface area contributed by atoms with Gasteiger partial charge >= 0.3 is 0 Å². The Morgan fingerprint density at radius 2 is 1.77 bits per heavy atom. The maximum atomic E-state index is 12.5. The lowest BCUT2D eigenvalue weighted by molar-refractivity contribution is 0.0957. The number of fused-ring (bicyclic) bond motifs is 1. The highest BCUT2D eigenvalue weighted by Gasteiger charge is 2.11. The zero-order valence-electron chi connectivity index (χ0n) is 16.5. The summed E-state index contributed by atoms with van der Waals surface area (Å²) in [5.74, 6) is 1.09. The molecule has 0 aliphatic heterocycles. The summed E-state index contributed by atoms with van der Waals surface area (Å²) in [4.78, 5) is 28.3. The second kappa shape index (κ2) is 9.16. The minimum absolute atomic E-state index is 0.178. The number of anilines is 1. The van der Waals surface area contributed by atoms with Gasteiger partial charge in [0, 0.05) is 35.5 Å². The van der Waals surface area contributed by atoms with Gasteiger partial charge in [0.2, 0.25) is 0 Å². The molecule has 2 amide bonds. The van der Waals surface area contributed by atoms with Crippen LogP contribution in [0.4, 0.5) is 5.00 Å². The van der Waals surface area contributed by atoms with Crippen molar-refractivity contribution in [2.75, 3.05) is 12.4 Å². The quantitative estimate of drug-likeness (QED) is 0.382. The molecule has 0 saturated carbocycles. The summed E-state index contributed by atoms with van der Waals surface area (Å²) in [6, 6.07) is 18.0. The molecule has 4 rings (SSSR count). The van der Waals surface area contributed by atoms with Crippen LogP contribution in [0.5, 0.6) is 11.5 Å². The molecule has 6 nitrogen and oxygen atoms in total. The number of hydrogen-bond acceptors (Lipinski definition) is 5. The number of nitrogens with zero attached hydrogens (tertiary/aromatic N) is 1. The lowest BCUT2D eigenvalue weighted by Gasteiger charge is -2.06. The molecule has 2 N–H and O–H groups in total. The highest BCUT2D eigenvalue weighted by Crippen LogP contribution is 2.34. The fourth-order valence-electron chi connectivity index (χ4n) is 2.93. The van der Waals surface area contributed by atoms with E-state index in [1.165, 1.54) is 17.5 Å². The predicted octanol–water partition coefficient (Wildman–Crippen LogP) is 5.44. The van der Waals surface area contributed by atoms with Gasteiger partial charge in [-0.1, -0.05) is 12.1 Å². The molecule has 0 fully saturated rings. The molecule has 31 heavy (non-hydrogen) atoms. The van der Waals surface area contributed by atoms with E-state index in [-0.39, 0.29) is 17.5 Å². The molecule has 156 valence electrons. The molecular formula is C23H18ClN3O3S. The third-order valence-electron chi connectivity index (χ3n) is 4.53. The van der Waals surface area contributed by atoms with E-state index < -0.39 is 0 Å². The summed E-state index contributed by atoms with van der Waals surface area (Å²) >= 11 is 7.25. The number of nitrogens with one attached hydrogen (secondary N) is 2. The van der Waals surface area contributed by atoms with Crippen molar-refractivity contribution in [3.8, 4) is 11.5 Å². The van der Waals surface area contributed by atoms with Gasteiger partial charge in [0.25, 0.3) is 11.8 Å². The second-order valence-electron chi connectivity index (χ2n) is 6.65. The van der Waals surface area contributed by atoms with Crippen LogP contribution < -0.4 is 15.4 Å². The zero-order valence-corrected chi connectivity index (χ0v) is 18.1. The van der Waals surface area contributed by atoms with E-state index in [1.807, 2.05) is 36.4 Å². The highest BCUT2D eigenvalue weighted by atomic mass is 35.5. The van der Waals surface area contributed by atoms with E-state index in [9.17, 15) is 9.59 Å². The summed E-state index contributed by atoms with van der Waals surface area (Å²) in [5.41, 5.74) is 1.81. The van der Waals surface area contributed by atoms with Crippen LogP contribution >= 0.6 is 22.9 Å². The third-order valence-corrected chi connectivity index (χ3v) is 5.85. The van der Waals surface area contributed by atoms with Gasteiger partial charge in [0.15, 0.2) is 0 Å². The van der Waals surface area contributed by atoms with Crippen molar-refractivity contribution in [3.05, 3.63) is 83.7 Å². The molecule has 2 aromatic carbocycles. The molecule has 0 aliphatic rings. The molecular weight excluding hydrogens is 434 g/mol. The van der Waals surface area contributed by atoms with Crippen molar-refractivity contribution in [1.82, 2.24) is 10.3 Å². The highest BCUT2D eigenvalue weighted by molar-refractivity contribution is 7.23. The summed E-state index contributed by atoms with van der Waals surface area (Å²) in [6.45, 7) is 0. The number of rotatable bonds is 6. The first-order chi connectivity index (χ1) is 15.1. The molecule has 4 aromatic rings. The van der Waals surface area contributed by atoms with E-state index in [0.717, 1.165) is 20.7 Å². The number of carbonyl (C=O) groups excluding carboxylic acids is 2. The molecule has 8 heteroatoms. The molecule has 0 radical (unpaired) electrons. The first kappa shape index (κ1) is 20.8. The van der Waals surface area contributed by atoms with E-state index in [0.29, 0.717) is 22.9 Å². The van der Waals surface area contributed by atoms with Crippen molar-refractivity contribution >= 4 is 49.8 Å². The molecule has 0 atom stereocenters. The van der Waals surface area contributed by atoms with Crippen molar-refractivity contribution in [1.29, 1.82) is 0 Å². The van der Waals surface area contributed by atoms with Crippen molar-refractivity contribution in [2.24, 2.45) is 0 Å². The maximum Gasteiger partial charge on any atom is 0.269 e. The standard InChI is InChI=1S/C23H18ClN3O3S/c1-25-23(29)19-11-18(8-9-26-19)30-17-7-6-16-10-21(31-20(16)12-17)27-22(28)15-4-2-14(13-24)3-5-15/h2-12H,13H2,1H3,(H,25,29)(H,27,28). The molecule has 0 unspecified atom stereocenters. The minimum Gasteiger partial charge on any atom is -0.457 e. The average molecular weight is 452 g/mol. The lowest BCUT2D eigenvalue weighted by atomic mass is 10.1. The first-order valence-electron chi connectivity index (χ1n) is 9.41. The van der Waals surface area contributed by atoms with Crippen LogP contribution in [0.3, 0.4) is 0 Å². The van der Waals surface area contributed by atoms with Gasteiger partial charge in [0.1, 0.15) is 17.2 Å². The predicted molar refractivity (Wildman–Crippen MR) is 123 cm³/mol. The Hall–Kier alpha value is -3.42. The van der Waals surface area contributed by atoms with Gasteiger partial charge in [-0.2, -0.15) is 0 Å². The number of amides is 2. The smallest absolute Gasteiger partial charge is 0.269 e. The lowest BCUT2D eigenvalue weighted by Crippen LogP contribution is -2.18. The van der Waals surface area contributed by atoms with Crippen LogP contribution in [0.25, 0.3) is 10.1 Å². The van der Waals surface area contributed by atoms with E-state index in [4.69, 9.17) is 16.3 Å². The van der Waals surface area contributed by atoms with Crippen molar-refractivity contribution in [2.45, 2.75) is 5.88 Å². The molecule has 0 saturated heterocycles. The number of carbonyl (C=O) groups is 2. The van der Waals surface area contributed by atoms with Crippen LogP contribution in [-0.4, -0.2) is 23.8 Å². The van der Waals surface area contributed by atoms with Crippen molar-refractivity contribution < 1.29 is 14.3 Å². The number of pyridine rings is 1. The molecule has 0 spiro atoms. The second-order valence-corrected chi connectivity index (χ2v) is 8.00. The zero-order chi connectivity index (χ0) is 21.8. The van der Waals surface area contributed by atoms with Crippen molar-refractivity contribution in [3.63, 3.8) is 0 Å². The van der Waals surface area contributed by atoms with Gasteiger partial charge in [0.05, 0.1) is 5.00 Å². The van der Waals surface area contributed by atoms with Gasteiger partial charge in [-0.25, -0.2) is 0 Å². The van der Waals surface area contributed by atoms with E-state index in [1.54, 1.807) is 31.3 Å². The van der Waals surface area contributed by atoms with Gasteiger partial charge in [-0.3, -0.25) is 14.6 Å². The topological polar surface area (TPSA) is 80.3 Å². The van der Waals surface area contributed by atoms with Gasteiger partial charge in [-0.15, -0.1) is 22.9 Å². The molecule has 0 aliphatic carbocycles. The number of alkyl halides is 1. The summed E-state index contributed by atoms with van der Waals surface area (Å²) in [5, 5.41) is 7.20. The SMILES string of the molecule is CNC(=O)c1cc(Oc2ccc3cc(NC(=O)c4ccc(CCl)cc4)sc3c2)ccn1. The first-order valence-corrected chi connectivity index (χ1v) is 10.8. The van der Waals surface area contributed by atoms with Crippen LogP contribution in [0.1, 0.15) is 26.4 Å². The van der Waals surface area contributed by atoms with Gasteiger partial charge in [-0.05, 0) is 53.4 Å². The summed E-state index contributed by atoms with van der Waals surface area (Å²) in [7, 11) is 1.55. The fraction of sp³-hybridized carbons (Fsp3) is 0.0870. The average Bonchev–Trinajstić information content (AvgIpc) is 3.20. The largest absolute Gasteiger partial charge is 0.457 e. The molecule has 2 aromatic heterocycles. The van der Waals surface area contributed by atoms with Crippen LogP contribution in [-0.2, 0) is 5.88 Å². The number of thiophene rings is 1. The van der Waals surface area contributed by atoms with Gasteiger partial charge < -0.3 is 15.4 Å². The van der Waals surface area contributed by atoms with Crippen LogP contribution in [0.2, 0.25) is 0 Å². The Morgan fingerprint density at radius 3 is 2.52 bits per heavy atom. The Kier molecular flexibility index (Phi) is 6.16. The van der Waals surface area contributed by atoms with Crippen LogP contribution in [0.15, 0.2) is 66.9 Å². The van der Waals surface area contributed by atoms with E-state index in [2.05, 4.69) is 15.6 Å². The molecule has 0 bridgehead atoms. The minimum atomic E-state index is -0.281. The number of hydrogen-bond donors (Lipinski definition) is 2. The Labute approximate surface area is 187 Å². The summed E-state index contributed by atoms with van der Waals surface area (Å²) < 4.78 is 6.86. The monoisotopic (exact) mass is 451 g/mol. The normalized spacial score (nSPS) is 10.6. The van der Waals surface area contributed by atoms with Crippen LogP contribution in [0, 0.1) is 0 Å². The number of halogens is 1. The Bertz CT molecular complexity index is 1250. The Balaban J connectivity index is 1.50. The number of benzene rings is 2. The maximum absolute atomic E-state index is 12.5. The number of aromatic nitrogens is 1. The molecule has 2 heterocycles.